The molecule has 44 heavy (non-hydrogen) atoms. The van der Waals surface area contributed by atoms with Gasteiger partial charge in [0.05, 0.1) is 4.90 Å². The topological polar surface area (TPSA) is 13.1 Å². The van der Waals surface area contributed by atoms with Crippen LogP contribution < -0.4 is 0 Å². The van der Waals surface area contributed by atoms with E-state index in [1.807, 2.05) is 17.8 Å². The molecule has 1 nitrogen and oxygen atoms in total. The van der Waals surface area contributed by atoms with Crippen LogP contribution in [0.15, 0.2) is 149 Å². The maximum atomic E-state index is 6.49. The predicted octanol–water partition coefficient (Wildman–Crippen LogP) is 12.8. The van der Waals surface area contributed by atoms with Crippen molar-refractivity contribution in [2.45, 2.75) is 30.4 Å². The molecule has 0 aliphatic carbocycles. The molecule has 0 radical (unpaired) electrons. The minimum atomic E-state index is 0.0322. The Labute approximate surface area is 262 Å². The highest BCUT2D eigenvalue weighted by molar-refractivity contribution is 8.00. The second-order valence-corrected chi connectivity index (χ2v) is 14.3. The maximum Gasteiger partial charge on any atom is 0.149 e. The standard InChI is InChI=1S/C42H32OS/c1-42(2,3)44-38-26-30(25-36-31-15-11-12-20-37(31)43-41(36)38)40-34-18-9-7-16-32(34)39(33-17-8-10-19-35(33)40)29-23-21-28(22-24-29)27-13-5-4-6-14-27/h4-26H,1-3H3. The molecule has 0 saturated heterocycles. The van der Waals surface area contributed by atoms with Gasteiger partial charge in [-0.3, -0.25) is 0 Å². The molecule has 7 aromatic carbocycles. The summed E-state index contributed by atoms with van der Waals surface area (Å²) in [7, 11) is 0. The maximum absolute atomic E-state index is 6.49. The first-order valence-electron chi connectivity index (χ1n) is 15.2. The third kappa shape index (κ3) is 4.58. The zero-order chi connectivity index (χ0) is 29.8. The molecule has 1 aromatic heterocycles. The lowest BCUT2D eigenvalue weighted by Gasteiger charge is -2.20. The molecular formula is C42H32OS. The van der Waals surface area contributed by atoms with Crippen molar-refractivity contribution in [2.75, 3.05) is 0 Å². The minimum absolute atomic E-state index is 0.0322. The average molecular weight is 585 g/mol. The Morgan fingerprint density at radius 1 is 0.432 bits per heavy atom. The fourth-order valence-corrected chi connectivity index (χ4v) is 7.65. The lowest BCUT2D eigenvalue weighted by Crippen LogP contribution is -2.06. The van der Waals surface area contributed by atoms with Gasteiger partial charge in [-0.15, -0.1) is 11.8 Å². The van der Waals surface area contributed by atoms with Gasteiger partial charge < -0.3 is 4.42 Å². The van der Waals surface area contributed by atoms with Gasteiger partial charge in [-0.2, -0.15) is 0 Å². The molecule has 0 bridgehead atoms. The number of furan rings is 1. The first-order valence-corrected chi connectivity index (χ1v) is 16.0. The van der Waals surface area contributed by atoms with E-state index in [4.69, 9.17) is 4.42 Å². The van der Waals surface area contributed by atoms with Crippen LogP contribution in [-0.4, -0.2) is 4.75 Å². The third-order valence-corrected chi connectivity index (χ3v) is 9.50. The van der Waals surface area contributed by atoms with Gasteiger partial charge in [0.1, 0.15) is 11.2 Å². The number of thioether (sulfide) groups is 1. The van der Waals surface area contributed by atoms with Crippen molar-refractivity contribution in [3.8, 4) is 33.4 Å². The molecule has 0 atom stereocenters. The summed E-state index contributed by atoms with van der Waals surface area (Å²) in [6, 6.07) is 50.5. The highest BCUT2D eigenvalue weighted by Crippen LogP contribution is 2.48. The van der Waals surface area contributed by atoms with Crippen LogP contribution >= 0.6 is 11.8 Å². The normalized spacial score (nSPS) is 12.1. The van der Waals surface area contributed by atoms with Crippen LogP contribution in [0.4, 0.5) is 0 Å². The van der Waals surface area contributed by atoms with Crippen LogP contribution in [0.1, 0.15) is 20.8 Å². The summed E-state index contributed by atoms with van der Waals surface area (Å²) < 4.78 is 6.53. The molecule has 2 heteroatoms. The van der Waals surface area contributed by atoms with E-state index in [9.17, 15) is 0 Å². The largest absolute Gasteiger partial charge is 0.455 e. The van der Waals surface area contributed by atoms with E-state index in [1.165, 1.54) is 65.2 Å². The Morgan fingerprint density at radius 3 is 1.50 bits per heavy atom. The molecule has 0 aliphatic heterocycles. The zero-order valence-electron chi connectivity index (χ0n) is 25.1. The second-order valence-electron chi connectivity index (χ2n) is 12.4. The lowest BCUT2D eigenvalue weighted by molar-refractivity contribution is 0.659. The lowest BCUT2D eigenvalue weighted by atomic mass is 9.85. The minimum Gasteiger partial charge on any atom is -0.455 e. The van der Waals surface area contributed by atoms with Crippen molar-refractivity contribution in [1.82, 2.24) is 0 Å². The van der Waals surface area contributed by atoms with Crippen LogP contribution in [0, 0.1) is 0 Å². The molecule has 0 aliphatic rings. The first kappa shape index (κ1) is 26.8. The summed E-state index contributed by atoms with van der Waals surface area (Å²) in [5.41, 5.74) is 9.35. The average Bonchev–Trinajstić information content (AvgIpc) is 3.42. The molecule has 8 aromatic rings. The molecule has 1 heterocycles. The summed E-state index contributed by atoms with van der Waals surface area (Å²) in [5, 5.41) is 7.36. The number of rotatable bonds is 4. The first-order chi connectivity index (χ1) is 21.4. The molecular weight excluding hydrogens is 553 g/mol. The van der Waals surface area contributed by atoms with Gasteiger partial charge in [-0.25, -0.2) is 0 Å². The number of fused-ring (bicyclic) bond motifs is 5. The van der Waals surface area contributed by atoms with Gasteiger partial charge in [0.25, 0.3) is 0 Å². The Morgan fingerprint density at radius 2 is 0.909 bits per heavy atom. The summed E-state index contributed by atoms with van der Waals surface area (Å²) >= 11 is 1.87. The Balaban J connectivity index is 1.42. The molecule has 8 rings (SSSR count). The number of para-hydroxylation sites is 1. The van der Waals surface area contributed by atoms with Crippen LogP contribution in [0.5, 0.6) is 0 Å². The molecule has 0 fully saturated rings. The summed E-state index contributed by atoms with van der Waals surface area (Å²) in [5.74, 6) is 0. The molecule has 0 saturated carbocycles. The summed E-state index contributed by atoms with van der Waals surface area (Å²) in [4.78, 5) is 1.18. The number of hydrogen-bond acceptors (Lipinski definition) is 2. The van der Waals surface area contributed by atoms with E-state index in [0.29, 0.717) is 0 Å². The quantitative estimate of drug-likeness (QED) is 0.151. The highest BCUT2D eigenvalue weighted by atomic mass is 32.2. The molecule has 0 spiro atoms. The predicted molar refractivity (Wildman–Crippen MR) is 191 cm³/mol. The van der Waals surface area contributed by atoms with Crippen molar-refractivity contribution in [3.63, 3.8) is 0 Å². The molecule has 0 amide bonds. The van der Waals surface area contributed by atoms with Gasteiger partial charge >= 0.3 is 0 Å². The highest BCUT2D eigenvalue weighted by Gasteiger charge is 2.22. The SMILES string of the molecule is CC(C)(C)Sc1cc(-c2c3ccccc3c(-c3ccc(-c4ccccc4)cc3)c3ccccc23)cc2c1oc1ccccc12. The third-order valence-electron chi connectivity index (χ3n) is 8.36. The second kappa shape index (κ2) is 10.4. The van der Waals surface area contributed by atoms with Crippen LogP contribution in [-0.2, 0) is 0 Å². The number of hydrogen-bond donors (Lipinski definition) is 0. The van der Waals surface area contributed by atoms with E-state index >= 15 is 0 Å². The van der Waals surface area contributed by atoms with Gasteiger partial charge in [-0.05, 0) is 73.1 Å². The monoisotopic (exact) mass is 584 g/mol. The van der Waals surface area contributed by atoms with Crippen LogP contribution in [0.2, 0.25) is 0 Å². The zero-order valence-corrected chi connectivity index (χ0v) is 25.9. The smallest absolute Gasteiger partial charge is 0.149 e. The fraction of sp³-hybridized carbons (Fsp3) is 0.0952. The van der Waals surface area contributed by atoms with E-state index in [-0.39, 0.29) is 4.75 Å². The molecule has 212 valence electrons. The van der Waals surface area contributed by atoms with E-state index in [1.54, 1.807) is 0 Å². The Bertz CT molecular complexity index is 2260. The Kier molecular flexibility index (Phi) is 6.36. The van der Waals surface area contributed by atoms with Crippen molar-refractivity contribution >= 4 is 55.2 Å². The van der Waals surface area contributed by atoms with Gasteiger partial charge in [0.15, 0.2) is 0 Å². The van der Waals surface area contributed by atoms with Crippen LogP contribution in [0.3, 0.4) is 0 Å². The van der Waals surface area contributed by atoms with Crippen LogP contribution in [0.25, 0.3) is 76.9 Å². The number of benzene rings is 7. The Hall–Kier alpha value is -4.79. The van der Waals surface area contributed by atoms with E-state index in [2.05, 4.69) is 154 Å². The van der Waals surface area contributed by atoms with E-state index < -0.39 is 0 Å². The van der Waals surface area contributed by atoms with Crippen molar-refractivity contribution in [2.24, 2.45) is 0 Å². The molecule has 0 unspecified atom stereocenters. The molecule has 0 N–H and O–H groups in total. The van der Waals surface area contributed by atoms with Crippen molar-refractivity contribution in [1.29, 1.82) is 0 Å². The van der Waals surface area contributed by atoms with Gasteiger partial charge in [0, 0.05) is 15.5 Å². The summed E-state index contributed by atoms with van der Waals surface area (Å²) in [6.07, 6.45) is 0. The van der Waals surface area contributed by atoms with Gasteiger partial charge in [0.2, 0.25) is 0 Å². The fourth-order valence-electron chi connectivity index (χ4n) is 6.56. The van der Waals surface area contributed by atoms with Crippen molar-refractivity contribution in [3.05, 3.63) is 140 Å². The van der Waals surface area contributed by atoms with Gasteiger partial charge in [-0.1, -0.05) is 142 Å². The van der Waals surface area contributed by atoms with Crippen molar-refractivity contribution < 1.29 is 4.42 Å². The summed E-state index contributed by atoms with van der Waals surface area (Å²) in [6.45, 7) is 6.80. The van der Waals surface area contributed by atoms with E-state index in [0.717, 1.165) is 16.6 Å².